The zero-order valence-electron chi connectivity index (χ0n) is 19.9. The zero-order chi connectivity index (χ0) is 23.3. The van der Waals surface area contributed by atoms with E-state index in [9.17, 15) is 9.59 Å². The van der Waals surface area contributed by atoms with E-state index in [1.165, 1.54) is 5.56 Å². The molecule has 6 heteroatoms. The summed E-state index contributed by atoms with van der Waals surface area (Å²) in [4.78, 5) is 34.8. The van der Waals surface area contributed by atoms with Crippen molar-refractivity contribution in [3.8, 4) is 5.75 Å². The summed E-state index contributed by atoms with van der Waals surface area (Å²) in [5.74, 6) is 1.18. The van der Waals surface area contributed by atoms with E-state index in [-0.39, 0.29) is 11.8 Å². The molecule has 6 nitrogen and oxygen atoms in total. The standard InChI is InChI=1S/C27H35N3O3/c1-3-29-18-19-33-24-10-5-4-8-22(24)9-6-7-13-27(26(29)32)14-16-30(17-15-27)25(31)23-12-11-21(2)28-20-23/h4-5,8,10-12,20H,3,6-7,9,13-19H2,1-2H3. The number of aryl methyl sites for hydroxylation is 2. The van der Waals surface area contributed by atoms with Crippen molar-refractivity contribution in [2.24, 2.45) is 5.41 Å². The number of nitrogens with zero attached hydrogens (tertiary/aromatic N) is 3. The van der Waals surface area contributed by atoms with Crippen molar-refractivity contribution in [3.05, 3.63) is 59.4 Å². The van der Waals surface area contributed by atoms with Gasteiger partial charge in [-0.25, -0.2) is 0 Å². The molecule has 0 saturated carbocycles. The van der Waals surface area contributed by atoms with Crippen molar-refractivity contribution in [2.45, 2.75) is 52.4 Å². The fourth-order valence-corrected chi connectivity index (χ4v) is 5.12. The van der Waals surface area contributed by atoms with E-state index in [0.717, 1.165) is 37.1 Å². The monoisotopic (exact) mass is 449 g/mol. The highest BCUT2D eigenvalue weighted by molar-refractivity contribution is 5.94. The van der Waals surface area contributed by atoms with Gasteiger partial charge in [0.05, 0.1) is 17.5 Å². The fraction of sp³-hybridized carbons (Fsp3) is 0.519. The van der Waals surface area contributed by atoms with Gasteiger partial charge < -0.3 is 14.5 Å². The van der Waals surface area contributed by atoms with E-state index in [1.54, 1.807) is 6.20 Å². The highest BCUT2D eigenvalue weighted by atomic mass is 16.5. The third kappa shape index (κ3) is 5.21. The van der Waals surface area contributed by atoms with Gasteiger partial charge in [0, 0.05) is 31.5 Å². The lowest BCUT2D eigenvalue weighted by Crippen LogP contribution is -2.52. The van der Waals surface area contributed by atoms with Gasteiger partial charge in [-0.1, -0.05) is 24.6 Å². The van der Waals surface area contributed by atoms with Crippen LogP contribution in [0.3, 0.4) is 0 Å². The Bertz CT molecular complexity index is 965. The van der Waals surface area contributed by atoms with Crippen LogP contribution in [0.25, 0.3) is 0 Å². The third-order valence-electron chi connectivity index (χ3n) is 7.23. The maximum atomic E-state index is 13.8. The molecule has 0 N–H and O–H groups in total. The first-order valence-corrected chi connectivity index (χ1v) is 12.2. The second kappa shape index (κ2) is 10.4. The summed E-state index contributed by atoms with van der Waals surface area (Å²) in [6, 6.07) is 11.9. The lowest BCUT2D eigenvalue weighted by atomic mass is 9.73. The minimum Gasteiger partial charge on any atom is -0.491 e. The van der Waals surface area contributed by atoms with E-state index in [2.05, 4.69) is 17.1 Å². The van der Waals surface area contributed by atoms with Crippen LogP contribution in [0.4, 0.5) is 0 Å². The molecule has 2 aliphatic rings. The molecular weight excluding hydrogens is 414 g/mol. The topological polar surface area (TPSA) is 62.7 Å². The van der Waals surface area contributed by atoms with Gasteiger partial charge in [-0.2, -0.15) is 0 Å². The predicted molar refractivity (Wildman–Crippen MR) is 128 cm³/mol. The van der Waals surface area contributed by atoms with Crippen LogP contribution in [0.2, 0.25) is 0 Å². The number of likely N-dealkylation sites (tertiary alicyclic amines) is 1. The molecule has 33 heavy (non-hydrogen) atoms. The molecule has 176 valence electrons. The van der Waals surface area contributed by atoms with Crippen LogP contribution in [0, 0.1) is 12.3 Å². The summed E-state index contributed by atoms with van der Waals surface area (Å²) in [5.41, 5.74) is 2.37. The lowest BCUT2D eigenvalue weighted by molar-refractivity contribution is -0.145. The average molecular weight is 450 g/mol. The average Bonchev–Trinajstić information content (AvgIpc) is 2.84. The van der Waals surface area contributed by atoms with E-state index in [1.807, 2.05) is 47.9 Å². The van der Waals surface area contributed by atoms with Gasteiger partial charge in [-0.05, 0) is 69.7 Å². The number of ether oxygens (including phenoxy) is 1. The number of carbonyl (C=O) groups excluding carboxylic acids is 2. The van der Waals surface area contributed by atoms with Crippen molar-refractivity contribution >= 4 is 11.8 Å². The number of likely N-dealkylation sites (N-methyl/N-ethyl adjacent to an activating group) is 1. The van der Waals surface area contributed by atoms with E-state index >= 15 is 0 Å². The zero-order valence-corrected chi connectivity index (χ0v) is 19.9. The summed E-state index contributed by atoms with van der Waals surface area (Å²) >= 11 is 0. The van der Waals surface area contributed by atoms with Crippen LogP contribution >= 0.6 is 0 Å². The van der Waals surface area contributed by atoms with Crippen LogP contribution in [-0.2, 0) is 11.2 Å². The Labute approximate surface area is 196 Å². The summed E-state index contributed by atoms with van der Waals surface area (Å²) in [5, 5.41) is 0. The van der Waals surface area contributed by atoms with Crippen LogP contribution in [0.1, 0.15) is 60.6 Å². The minimum absolute atomic E-state index is 0.00954. The quantitative estimate of drug-likeness (QED) is 0.687. The second-order valence-corrected chi connectivity index (χ2v) is 9.31. The fourth-order valence-electron chi connectivity index (χ4n) is 5.12. The number of para-hydroxylation sites is 1. The van der Waals surface area contributed by atoms with Gasteiger partial charge in [0.15, 0.2) is 0 Å². The molecular formula is C27H35N3O3. The number of hydrogen-bond donors (Lipinski definition) is 0. The second-order valence-electron chi connectivity index (χ2n) is 9.31. The van der Waals surface area contributed by atoms with E-state index < -0.39 is 5.41 Å². The minimum atomic E-state index is -0.392. The van der Waals surface area contributed by atoms with Crippen molar-refractivity contribution in [3.63, 3.8) is 0 Å². The first-order valence-electron chi connectivity index (χ1n) is 12.2. The Kier molecular flexibility index (Phi) is 7.31. The number of aromatic nitrogens is 1. The number of pyridine rings is 1. The molecule has 2 amide bonds. The van der Waals surface area contributed by atoms with Gasteiger partial charge in [-0.3, -0.25) is 14.6 Å². The Morgan fingerprint density at radius 2 is 1.85 bits per heavy atom. The number of piperidine rings is 1. The first kappa shape index (κ1) is 23.3. The largest absolute Gasteiger partial charge is 0.491 e. The van der Waals surface area contributed by atoms with Crippen LogP contribution in [0.15, 0.2) is 42.6 Å². The molecule has 3 heterocycles. The highest BCUT2D eigenvalue weighted by Crippen LogP contribution is 2.39. The molecule has 2 aliphatic heterocycles. The first-order chi connectivity index (χ1) is 16.0. The molecule has 1 spiro atoms. The third-order valence-corrected chi connectivity index (χ3v) is 7.23. The van der Waals surface area contributed by atoms with Crippen LogP contribution in [-0.4, -0.2) is 59.4 Å². The summed E-state index contributed by atoms with van der Waals surface area (Å²) in [7, 11) is 0. The maximum absolute atomic E-state index is 13.8. The molecule has 4 rings (SSSR count). The van der Waals surface area contributed by atoms with Gasteiger partial charge in [0.2, 0.25) is 5.91 Å². The number of fused-ring (bicyclic) bond motifs is 1. The number of rotatable bonds is 2. The number of hydrogen-bond acceptors (Lipinski definition) is 4. The molecule has 1 aromatic carbocycles. The van der Waals surface area contributed by atoms with Crippen LogP contribution in [0.5, 0.6) is 5.75 Å². The number of benzene rings is 1. The van der Waals surface area contributed by atoms with Crippen molar-refractivity contribution in [1.82, 2.24) is 14.8 Å². The molecule has 0 bridgehead atoms. The Hall–Kier alpha value is -2.89. The normalized spacial score (nSPS) is 19.3. The smallest absolute Gasteiger partial charge is 0.255 e. The van der Waals surface area contributed by atoms with Gasteiger partial charge in [0.25, 0.3) is 5.91 Å². The summed E-state index contributed by atoms with van der Waals surface area (Å²) in [6.45, 7) is 6.92. The Morgan fingerprint density at radius 1 is 1.06 bits per heavy atom. The molecule has 0 unspecified atom stereocenters. The van der Waals surface area contributed by atoms with E-state index in [4.69, 9.17) is 4.74 Å². The predicted octanol–water partition coefficient (Wildman–Crippen LogP) is 4.27. The molecule has 2 aromatic rings. The SMILES string of the molecule is CCN1CCOc2ccccc2CCCCC2(CCN(C(=O)c3ccc(C)nc3)CC2)C1=O. The molecule has 0 atom stereocenters. The molecule has 1 saturated heterocycles. The number of amides is 2. The van der Waals surface area contributed by atoms with Crippen molar-refractivity contribution < 1.29 is 14.3 Å². The molecule has 0 radical (unpaired) electrons. The molecule has 1 aromatic heterocycles. The van der Waals surface area contributed by atoms with Gasteiger partial charge in [0.1, 0.15) is 12.4 Å². The van der Waals surface area contributed by atoms with Crippen molar-refractivity contribution in [2.75, 3.05) is 32.8 Å². The van der Waals surface area contributed by atoms with Gasteiger partial charge >= 0.3 is 0 Å². The lowest BCUT2D eigenvalue weighted by Gasteiger charge is -2.43. The Morgan fingerprint density at radius 3 is 2.58 bits per heavy atom. The summed E-state index contributed by atoms with van der Waals surface area (Å²) in [6.07, 6.45) is 6.94. The van der Waals surface area contributed by atoms with Gasteiger partial charge in [-0.15, -0.1) is 0 Å². The van der Waals surface area contributed by atoms with Crippen LogP contribution < -0.4 is 4.74 Å². The summed E-state index contributed by atoms with van der Waals surface area (Å²) < 4.78 is 6.07. The van der Waals surface area contributed by atoms with E-state index in [0.29, 0.717) is 51.2 Å². The number of carbonyl (C=O) groups is 2. The molecule has 1 fully saturated rings. The maximum Gasteiger partial charge on any atom is 0.255 e. The Balaban J connectivity index is 1.48. The highest BCUT2D eigenvalue weighted by Gasteiger charge is 2.43. The molecule has 0 aliphatic carbocycles. The van der Waals surface area contributed by atoms with Crippen molar-refractivity contribution in [1.29, 1.82) is 0 Å².